The summed E-state index contributed by atoms with van der Waals surface area (Å²) in [7, 11) is 0. The topological polar surface area (TPSA) is 55.8 Å². The van der Waals surface area contributed by atoms with Crippen molar-refractivity contribution in [2.45, 2.75) is 24.0 Å². The van der Waals surface area contributed by atoms with Gasteiger partial charge in [0.05, 0.1) is 11.5 Å². The van der Waals surface area contributed by atoms with Gasteiger partial charge < -0.3 is 14.6 Å². The fourth-order valence-corrected chi connectivity index (χ4v) is 6.30. The van der Waals surface area contributed by atoms with E-state index in [4.69, 9.17) is 32.7 Å². The average molecular weight is 521 g/mol. The molecule has 3 rings (SSSR count). The van der Waals surface area contributed by atoms with E-state index in [0.29, 0.717) is 5.56 Å². The van der Waals surface area contributed by atoms with Crippen LogP contribution in [0, 0.1) is 11.6 Å². The zero-order chi connectivity index (χ0) is 23.3. The highest BCUT2D eigenvalue weighted by Crippen LogP contribution is 2.44. The molecule has 0 aliphatic carbocycles. The fourth-order valence-electron chi connectivity index (χ4n) is 3.10. The Labute approximate surface area is 203 Å². The average Bonchev–Trinajstić information content (AvgIpc) is 3.07. The van der Waals surface area contributed by atoms with Gasteiger partial charge in [0.15, 0.2) is 0 Å². The summed E-state index contributed by atoms with van der Waals surface area (Å²) >= 11 is 14.5. The van der Waals surface area contributed by atoms with Crippen LogP contribution in [0.25, 0.3) is 0 Å². The van der Waals surface area contributed by atoms with Crippen molar-refractivity contribution in [3.63, 3.8) is 0 Å². The summed E-state index contributed by atoms with van der Waals surface area (Å²) < 4.78 is 39.3. The van der Waals surface area contributed by atoms with Crippen LogP contribution < -0.4 is 0 Å². The smallest absolute Gasteiger partial charge is 0.344 e. The lowest BCUT2D eigenvalue weighted by atomic mass is 10.1. The molecule has 0 saturated heterocycles. The third kappa shape index (κ3) is 5.37. The zero-order valence-corrected chi connectivity index (χ0v) is 20.1. The number of halogens is 4. The van der Waals surface area contributed by atoms with Crippen LogP contribution in [0.1, 0.15) is 18.1 Å². The Bertz CT molecular complexity index is 994. The van der Waals surface area contributed by atoms with Gasteiger partial charge in [0.2, 0.25) is 5.60 Å². The fraction of sp³-hybridized carbons (Fsp3) is 0.318. The number of benzene rings is 2. The minimum atomic E-state index is -1.61. The van der Waals surface area contributed by atoms with Gasteiger partial charge in [-0.1, -0.05) is 35.3 Å². The lowest BCUT2D eigenvalue weighted by Crippen LogP contribution is -2.44. The van der Waals surface area contributed by atoms with Gasteiger partial charge in [-0.2, -0.15) is 11.8 Å². The molecule has 32 heavy (non-hydrogen) atoms. The van der Waals surface area contributed by atoms with Gasteiger partial charge in [-0.25, -0.2) is 13.6 Å². The molecule has 1 unspecified atom stereocenters. The Morgan fingerprint density at radius 1 is 1.12 bits per heavy atom. The number of esters is 1. The van der Waals surface area contributed by atoms with Crippen LogP contribution in [-0.4, -0.2) is 35.6 Å². The summed E-state index contributed by atoms with van der Waals surface area (Å²) in [6.45, 7) is 1.56. The Hall–Kier alpha value is -1.45. The van der Waals surface area contributed by atoms with Crippen molar-refractivity contribution < 1.29 is 28.2 Å². The second kappa shape index (κ2) is 11.1. The zero-order valence-electron chi connectivity index (χ0n) is 17.0. The molecule has 0 fully saturated rings. The van der Waals surface area contributed by atoms with E-state index >= 15 is 0 Å². The minimum Gasteiger partial charge on any atom is -0.509 e. The van der Waals surface area contributed by atoms with E-state index in [-0.39, 0.29) is 56.7 Å². The highest BCUT2D eigenvalue weighted by atomic mass is 35.5. The summed E-state index contributed by atoms with van der Waals surface area (Å²) in [5, 5.41) is 11.0. The molecule has 0 spiro atoms. The van der Waals surface area contributed by atoms with Crippen LogP contribution >= 0.6 is 46.7 Å². The quantitative estimate of drug-likeness (QED) is 0.379. The second-order valence-corrected chi connectivity index (χ2v) is 9.58. The van der Waals surface area contributed by atoms with E-state index in [1.165, 1.54) is 36.0 Å². The van der Waals surface area contributed by atoms with E-state index < -0.39 is 23.2 Å². The van der Waals surface area contributed by atoms with Gasteiger partial charge in [-0.3, -0.25) is 0 Å². The molecule has 2 aromatic carbocycles. The first kappa shape index (κ1) is 25.2. The highest BCUT2D eigenvalue weighted by Gasteiger charge is 2.51. The SMILES string of the molecule is CCOC(=O)C1(CSCc2c(F)cccc2Cl)OCC(O)=C1SCc1c(F)cccc1Cl. The monoisotopic (exact) mass is 520 g/mol. The molecule has 10 heteroatoms. The normalized spacial score (nSPS) is 18.3. The van der Waals surface area contributed by atoms with Crippen LogP contribution in [0.4, 0.5) is 8.78 Å². The summed E-state index contributed by atoms with van der Waals surface area (Å²) in [4.78, 5) is 13.1. The number of rotatable bonds is 9. The number of ether oxygens (including phenoxy) is 2. The van der Waals surface area contributed by atoms with Crippen molar-refractivity contribution in [1.82, 2.24) is 0 Å². The first-order chi connectivity index (χ1) is 15.3. The Morgan fingerprint density at radius 3 is 2.28 bits per heavy atom. The molecule has 0 aromatic heterocycles. The van der Waals surface area contributed by atoms with Crippen LogP contribution in [-0.2, 0) is 25.8 Å². The van der Waals surface area contributed by atoms with E-state index in [9.17, 15) is 18.7 Å². The van der Waals surface area contributed by atoms with Crippen molar-refractivity contribution >= 4 is 52.7 Å². The molecule has 1 atom stereocenters. The summed E-state index contributed by atoms with van der Waals surface area (Å²) in [5.74, 6) is -1.49. The number of carbonyl (C=O) groups is 1. The largest absolute Gasteiger partial charge is 0.509 e. The van der Waals surface area contributed by atoms with Gasteiger partial charge in [-0.05, 0) is 31.2 Å². The molecule has 2 aromatic rings. The minimum absolute atomic E-state index is 0.0356. The summed E-state index contributed by atoms with van der Waals surface area (Å²) in [5.41, 5.74) is -1.06. The van der Waals surface area contributed by atoms with Gasteiger partial charge in [0.1, 0.15) is 24.0 Å². The maximum Gasteiger partial charge on any atom is 0.344 e. The van der Waals surface area contributed by atoms with E-state index in [1.807, 2.05) is 0 Å². The molecular formula is C22H20Cl2F2O4S2. The number of aliphatic hydroxyl groups excluding tert-OH is 1. The maximum absolute atomic E-state index is 14.2. The van der Waals surface area contributed by atoms with Crippen LogP contribution in [0.3, 0.4) is 0 Å². The van der Waals surface area contributed by atoms with Gasteiger partial charge >= 0.3 is 5.97 Å². The molecular weight excluding hydrogens is 501 g/mol. The maximum atomic E-state index is 14.2. The van der Waals surface area contributed by atoms with Crippen LogP contribution in [0.2, 0.25) is 10.0 Å². The summed E-state index contributed by atoms with van der Waals surface area (Å²) in [6, 6.07) is 8.74. The van der Waals surface area contributed by atoms with Crippen molar-refractivity contribution in [3.05, 3.63) is 79.9 Å². The Morgan fingerprint density at radius 2 is 1.72 bits per heavy atom. The van der Waals surface area contributed by atoms with E-state index in [2.05, 4.69) is 0 Å². The van der Waals surface area contributed by atoms with Gasteiger partial charge in [0, 0.05) is 38.4 Å². The number of thioether (sulfide) groups is 2. The molecule has 1 aliphatic heterocycles. The number of aliphatic hydroxyl groups is 1. The molecule has 0 amide bonds. The van der Waals surface area contributed by atoms with Crippen molar-refractivity contribution in [2.24, 2.45) is 0 Å². The lowest BCUT2D eigenvalue weighted by molar-refractivity contribution is -0.161. The molecule has 1 aliphatic rings. The number of hydrogen-bond acceptors (Lipinski definition) is 6. The number of carbonyl (C=O) groups excluding carboxylic acids is 1. The molecule has 4 nitrogen and oxygen atoms in total. The molecule has 0 saturated carbocycles. The standard InChI is InChI=1S/C22H20Cl2F2O4S2/c1-2-29-21(28)22(12-31-10-13-15(23)5-3-7-17(13)25)20(19(27)9-30-22)32-11-14-16(24)6-4-8-18(14)26/h3-8,27H,2,9-12H2,1H3. The summed E-state index contributed by atoms with van der Waals surface area (Å²) in [6.07, 6.45) is 0. The molecule has 0 radical (unpaired) electrons. The van der Waals surface area contributed by atoms with Gasteiger partial charge in [-0.15, -0.1) is 11.8 Å². The lowest BCUT2D eigenvalue weighted by Gasteiger charge is -2.28. The first-order valence-electron chi connectivity index (χ1n) is 9.60. The van der Waals surface area contributed by atoms with Gasteiger partial charge in [0.25, 0.3) is 0 Å². The third-order valence-electron chi connectivity index (χ3n) is 4.73. The predicted molar refractivity (Wildman–Crippen MR) is 125 cm³/mol. The Balaban J connectivity index is 1.83. The van der Waals surface area contributed by atoms with Crippen LogP contribution in [0.5, 0.6) is 0 Å². The molecule has 1 N–H and O–H groups in total. The van der Waals surface area contributed by atoms with Crippen molar-refractivity contribution in [1.29, 1.82) is 0 Å². The van der Waals surface area contributed by atoms with E-state index in [0.717, 1.165) is 11.8 Å². The second-order valence-electron chi connectivity index (χ2n) is 6.79. The van der Waals surface area contributed by atoms with Crippen LogP contribution in [0.15, 0.2) is 47.1 Å². The molecule has 1 heterocycles. The Kier molecular flexibility index (Phi) is 8.75. The highest BCUT2D eigenvalue weighted by molar-refractivity contribution is 8.02. The first-order valence-corrected chi connectivity index (χ1v) is 12.5. The van der Waals surface area contributed by atoms with E-state index in [1.54, 1.807) is 19.1 Å². The number of hydrogen-bond donors (Lipinski definition) is 1. The molecule has 172 valence electrons. The predicted octanol–water partition coefficient (Wildman–Crippen LogP) is 6.54. The molecule has 0 bridgehead atoms. The van der Waals surface area contributed by atoms with Crippen molar-refractivity contribution in [2.75, 3.05) is 19.0 Å². The third-order valence-corrected chi connectivity index (χ3v) is 7.82. The van der Waals surface area contributed by atoms with Crippen molar-refractivity contribution in [3.8, 4) is 0 Å².